The molecule has 0 spiro atoms. The predicted octanol–water partition coefficient (Wildman–Crippen LogP) is 5.17. The number of allylic oxidation sites excluding steroid dienone is 1. The highest BCUT2D eigenvalue weighted by molar-refractivity contribution is 8.16. The summed E-state index contributed by atoms with van der Waals surface area (Å²) in [5, 5.41) is 5.07. The third kappa shape index (κ3) is 5.66. The molecule has 1 amide bonds. The lowest BCUT2D eigenvalue weighted by Gasteiger charge is -2.36. The SMILES string of the molecule is COC(=O)C1=C(C)N=C2SC=C(CC(=O)NCc3cccc(C(F)(F)F)c3)N2C1c1ccc(OC)cc1. The lowest BCUT2D eigenvalue weighted by Crippen LogP contribution is -2.37. The van der Waals surface area contributed by atoms with E-state index in [2.05, 4.69) is 10.3 Å². The van der Waals surface area contributed by atoms with E-state index < -0.39 is 23.8 Å². The van der Waals surface area contributed by atoms with Crippen LogP contribution in [-0.2, 0) is 27.0 Å². The van der Waals surface area contributed by atoms with E-state index in [9.17, 15) is 22.8 Å². The largest absolute Gasteiger partial charge is 0.497 e. The van der Waals surface area contributed by atoms with Gasteiger partial charge in [0, 0.05) is 12.2 Å². The summed E-state index contributed by atoms with van der Waals surface area (Å²) in [5.41, 5.74) is 1.78. The van der Waals surface area contributed by atoms with Gasteiger partial charge in [0.1, 0.15) is 5.75 Å². The van der Waals surface area contributed by atoms with Crippen LogP contribution in [0.2, 0.25) is 0 Å². The Hall–Kier alpha value is -3.73. The molecule has 2 aromatic carbocycles. The Morgan fingerprint density at radius 3 is 2.51 bits per heavy atom. The number of amides is 1. The number of hydrogen-bond acceptors (Lipinski definition) is 7. The molecule has 0 fully saturated rings. The molecule has 37 heavy (non-hydrogen) atoms. The van der Waals surface area contributed by atoms with Crippen molar-refractivity contribution in [3.8, 4) is 5.75 Å². The number of halogens is 3. The molecule has 11 heteroatoms. The molecule has 0 aliphatic carbocycles. The molecule has 0 aromatic heterocycles. The summed E-state index contributed by atoms with van der Waals surface area (Å²) in [4.78, 5) is 32.0. The first-order valence-electron chi connectivity index (χ1n) is 11.2. The van der Waals surface area contributed by atoms with Gasteiger partial charge in [0.05, 0.1) is 43.5 Å². The lowest BCUT2D eigenvalue weighted by molar-refractivity contribution is -0.138. The molecule has 0 saturated carbocycles. The summed E-state index contributed by atoms with van der Waals surface area (Å²) in [5.74, 6) is -0.273. The van der Waals surface area contributed by atoms with Crippen LogP contribution in [0.5, 0.6) is 5.75 Å². The van der Waals surface area contributed by atoms with Gasteiger partial charge in [0.25, 0.3) is 0 Å². The van der Waals surface area contributed by atoms with Crippen molar-refractivity contribution in [3.63, 3.8) is 0 Å². The first-order chi connectivity index (χ1) is 17.6. The van der Waals surface area contributed by atoms with Crippen molar-refractivity contribution >= 4 is 28.8 Å². The van der Waals surface area contributed by atoms with Gasteiger partial charge in [-0.1, -0.05) is 36.0 Å². The van der Waals surface area contributed by atoms with Gasteiger partial charge >= 0.3 is 12.1 Å². The Labute approximate surface area is 216 Å². The molecule has 4 rings (SSSR count). The van der Waals surface area contributed by atoms with Crippen LogP contribution in [0.25, 0.3) is 0 Å². The number of thioether (sulfide) groups is 1. The van der Waals surface area contributed by atoms with Crippen LogP contribution in [0.1, 0.15) is 36.1 Å². The van der Waals surface area contributed by atoms with E-state index in [1.165, 1.54) is 31.0 Å². The van der Waals surface area contributed by atoms with Crippen molar-refractivity contribution in [3.05, 3.63) is 87.6 Å². The van der Waals surface area contributed by atoms with Gasteiger partial charge in [-0.25, -0.2) is 9.79 Å². The molecule has 2 aliphatic heterocycles. The lowest BCUT2D eigenvalue weighted by atomic mass is 9.94. The predicted molar refractivity (Wildman–Crippen MR) is 133 cm³/mol. The standard InChI is InChI=1S/C26H24F3N3O4S/c1-15-22(24(34)36-3)23(17-7-9-20(35-2)10-8-17)32-19(14-37-25(32)31-15)12-21(33)30-13-16-5-4-6-18(11-16)26(27,28)29/h4-11,14,23H,12-13H2,1-3H3,(H,30,33). The fourth-order valence-corrected chi connectivity index (χ4v) is 5.09. The summed E-state index contributed by atoms with van der Waals surface area (Å²) in [7, 11) is 2.85. The second-order valence-electron chi connectivity index (χ2n) is 8.31. The van der Waals surface area contributed by atoms with Crippen LogP contribution >= 0.6 is 11.8 Å². The van der Waals surface area contributed by atoms with E-state index in [0.29, 0.717) is 33.4 Å². The number of carbonyl (C=O) groups is 2. The van der Waals surface area contributed by atoms with E-state index in [1.54, 1.807) is 31.6 Å². The third-order valence-corrected chi connectivity index (χ3v) is 6.81. The summed E-state index contributed by atoms with van der Waals surface area (Å²) in [6.45, 7) is 1.67. The average Bonchev–Trinajstić information content (AvgIpc) is 3.27. The van der Waals surface area contributed by atoms with E-state index in [1.807, 2.05) is 17.0 Å². The quantitative estimate of drug-likeness (QED) is 0.497. The minimum absolute atomic E-state index is 0.0571. The molecule has 0 bridgehead atoms. The zero-order valence-corrected chi connectivity index (χ0v) is 21.1. The summed E-state index contributed by atoms with van der Waals surface area (Å²) in [6.07, 6.45) is -4.53. The van der Waals surface area contributed by atoms with Gasteiger partial charge in [-0.15, -0.1) is 0 Å². The zero-order valence-electron chi connectivity index (χ0n) is 20.3. The smallest absolute Gasteiger partial charge is 0.416 e. The van der Waals surface area contributed by atoms with Crippen LogP contribution in [0, 0.1) is 0 Å². The summed E-state index contributed by atoms with van der Waals surface area (Å²) < 4.78 is 49.3. The maximum absolute atomic E-state index is 13.0. The molecule has 1 atom stereocenters. The van der Waals surface area contributed by atoms with Crippen LogP contribution in [-0.4, -0.2) is 36.2 Å². The number of alkyl halides is 3. The minimum atomic E-state index is -4.46. The number of methoxy groups -OCH3 is 2. The third-order valence-electron chi connectivity index (χ3n) is 5.92. The Morgan fingerprint density at radius 1 is 1.14 bits per heavy atom. The molecule has 194 valence electrons. The van der Waals surface area contributed by atoms with E-state index in [-0.39, 0.29) is 18.9 Å². The Balaban J connectivity index is 1.55. The number of nitrogens with one attached hydrogen (secondary N) is 1. The highest BCUT2D eigenvalue weighted by atomic mass is 32.2. The van der Waals surface area contributed by atoms with E-state index in [4.69, 9.17) is 9.47 Å². The second-order valence-corrected chi connectivity index (χ2v) is 9.15. The van der Waals surface area contributed by atoms with Crippen molar-refractivity contribution in [2.45, 2.75) is 32.1 Å². The van der Waals surface area contributed by atoms with Crippen molar-refractivity contribution in [1.29, 1.82) is 0 Å². The fourth-order valence-electron chi connectivity index (χ4n) is 4.13. The molecule has 7 nitrogen and oxygen atoms in total. The molecule has 2 aromatic rings. The first-order valence-corrected chi connectivity index (χ1v) is 12.1. The monoisotopic (exact) mass is 531 g/mol. The highest BCUT2D eigenvalue weighted by Crippen LogP contribution is 2.45. The number of ether oxygens (including phenoxy) is 2. The summed E-state index contributed by atoms with van der Waals surface area (Å²) >= 11 is 1.32. The maximum atomic E-state index is 13.0. The molecular weight excluding hydrogens is 507 g/mol. The van der Waals surface area contributed by atoms with Crippen LogP contribution in [0.4, 0.5) is 13.2 Å². The number of rotatable bonds is 7. The molecule has 1 unspecified atom stereocenters. The number of nitrogens with zero attached hydrogens (tertiary/aromatic N) is 2. The van der Waals surface area contributed by atoms with Crippen molar-refractivity contribution < 1.29 is 32.2 Å². The Morgan fingerprint density at radius 2 is 1.86 bits per heavy atom. The van der Waals surface area contributed by atoms with Gasteiger partial charge < -0.3 is 19.7 Å². The van der Waals surface area contributed by atoms with Gasteiger partial charge in [0.15, 0.2) is 5.17 Å². The Kier molecular flexibility index (Phi) is 7.63. The van der Waals surface area contributed by atoms with Crippen molar-refractivity contribution in [2.24, 2.45) is 4.99 Å². The fraction of sp³-hybridized carbons (Fsp3) is 0.269. The number of amidine groups is 1. The molecule has 1 N–H and O–H groups in total. The van der Waals surface area contributed by atoms with Crippen molar-refractivity contribution in [2.75, 3.05) is 14.2 Å². The molecular formula is C26H24F3N3O4S. The number of fused-ring (bicyclic) bond motifs is 1. The number of benzene rings is 2. The topological polar surface area (TPSA) is 80.2 Å². The van der Waals surface area contributed by atoms with Crippen LogP contribution in [0.3, 0.4) is 0 Å². The normalized spacial score (nSPS) is 17.1. The minimum Gasteiger partial charge on any atom is -0.497 e. The van der Waals surface area contributed by atoms with Gasteiger partial charge in [-0.3, -0.25) is 4.79 Å². The average molecular weight is 532 g/mol. The van der Waals surface area contributed by atoms with Gasteiger partial charge in [-0.05, 0) is 47.7 Å². The summed E-state index contributed by atoms with van der Waals surface area (Å²) in [6, 6.07) is 11.4. The second kappa shape index (κ2) is 10.7. The van der Waals surface area contributed by atoms with Crippen LogP contribution in [0.15, 0.2) is 75.9 Å². The Bertz CT molecular complexity index is 1300. The molecule has 2 aliphatic rings. The number of carbonyl (C=O) groups excluding carboxylic acids is 2. The number of esters is 1. The van der Waals surface area contributed by atoms with Gasteiger partial charge in [0.2, 0.25) is 5.91 Å². The zero-order chi connectivity index (χ0) is 26.7. The van der Waals surface area contributed by atoms with Crippen molar-refractivity contribution in [1.82, 2.24) is 10.2 Å². The molecule has 0 radical (unpaired) electrons. The molecule has 0 saturated heterocycles. The van der Waals surface area contributed by atoms with E-state index >= 15 is 0 Å². The molecule has 2 heterocycles. The number of aliphatic imine (C=N–C) groups is 1. The number of hydrogen-bond donors (Lipinski definition) is 1. The first kappa shape index (κ1) is 26.3. The maximum Gasteiger partial charge on any atom is 0.416 e. The van der Waals surface area contributed by atoms with E-state index in [0.717, 1.165) is 17.7 Å². The highest BCUT2D eigenvalue weighted by Gasteiger charge is 2.41. The van der Waals surface area contributed by atoms with Gasteiger partial charge in [-0.2, -0.15) is 13.2 Å². The van der Waals surface area contributed by atoms with Crippen LogP contribution < -0.4 is 10.1 Å².